The van der Waals surface area contributed by atoms with Crippen molar-refractivity contribution in [3.63, 3.8) is 0 Å². The fourth-order valence-corrected chi connectivity index (χ4v) is 3.34. The van der Waals surface area contributed by atoms with Crippen LogP contribution in [0.4, 0.5) is 5.82 Å². The third-order valence-corrected chi connectivity index (χ3v) is 4.71. The van der Waals surface area contributed by atoms with Gasteiger partial charge in [-0.15, -0.1) is 0 Å². The molecule has 1 atom stereocenters. The highest BCUT2D eigenvalue weighted by Gasteiger charge is 2.17. The Kier molecular flexibility index (Phi) is 5.22. The molecule has 0 amide bonds. The van der Waals surface area contributed by atoms with Gasteiger partial charge in [-0.25, -0.2) is 4.98 Å². The molecule has 2 aromatic rings. The minimum Gasteiger partial charge on any atom is -0.376 e. The molecule has 2 aliphatic rings. The van der Waals surface area contributed by atoms with E-state index in [-0.39, 0.29) is 6.10 Å². The summed E-state index contributed by atoms with van der Waals surface area (Å²) in [5.41, 5.74) is 0.921. The zero-order valence-corrected chi connectivity index (χ0v) is 14.4. The Morgan fingerprint density at radius 1 is 1.20 bits per heavy atom. The zero-order chi connectivity index (χ0) is 16.9. The molecule has 0 radical (unpaired) electrons. The lowest BCUT2D eigenvalue weighted by atomic mass is 10.1. The third-order valence-electron chi connectivity index (χ3n) is 4.71. The summed E-state index contributed by atoms with van der Waals surface area (Å²) >= 11 is 0. The summed E-state index contributed by atoms with van der Waals surface area (Å²) in [6.07, 6.45) is 7.93. The van der Waals surface area contributed by atoms with Crippen LogP contribution in [0.25, 0.3) is 11.4 Å². The topological polar surface area (TPSA) is 73.5 Å². The molecular formula is C18H24N4O3. The highest BCUT2D eigenvalue weighted by molar-refractivity contribution is 5.59. The molecular weight excluding hydrogens is 320 g/mol. The highest BCUT2D eigenvalue weighted by atomic mass is 16.5. The average molecular weight is 344 g/mol. The van der Waals surface area contributed by atoms with Crippen LogP contribution in [0.3, 0.4) is 0 Å². The maximum absolute atomic E-state index is 5.63. The maximum Gasteiger partial charge on any atom is 0.252 e. The molecule has 25 heavy (non-hydrogen) atoms. The molecule has 4 heterocycles. The molecule has 2 saturated heterocycles. The van der Waals surface area contributed by atoms with Gasteiger partial charge in [0.05, 0.1) is 12.7 Å². The molecule has 4 rings (SSSR count). The second-order valence-electron chi connectivity index (χ2n) is 6.61. The summed E-state index contributed by atoms with van der Waals surface area (Å²) in [5.74, 6) is 2.05. The Morgan fingerprint density at radius 2 is 2.12 bits per heavy atom. The molecule has 0 spiro atoms. The SMILES string of the molecule is c1cc(-c2noc(COC[C@@H]3CCCO3)n2)cc(N2CCCCC2)n1. The van der Waals surface area contributed by atoms with Gasteiger partial charge in [-0.2, -0.15) is 4.98 Å². The van der Waals surface area contributed by atoms with Crippen LogP contribution in [0.15, 0.2) is 22.9 Å². The van der Waals surface area contributed by atoms with Crippen molar-refractivity contribution in [1.29, 1.82) is 0 Å². The van der Waals surface area contributed by atoms with Crippen molar-refractivity contribution in [3.05, 3.63) is 24.2 Å². The first-order valence-corrected chi connectivity index (χ1v) is 9.12. The summed E-state index contributed by atoms with van der Waals surface area (Å²) in [6.45, 7) is 3.85. The van der Waals surface area contributed by atoms with Crippen molar-refractivity contribution in [2.24, 2.45) is 0 Å². The molecule has 0 bridgehead atoms. The molecule has 0 aliphatic carbocycles. The molecule has 0 aromatic carbocycles. The van der Waals surface area contributed by atoms with Crippen molar-refractivity contribution in [1.82, 2.24) is 15.1 Å². The Morgan fingerprint density at radius 3 is 2.96 bits per heavy atom. The first kappa shape index (κ1) is 16.5. The van der Waals surface area contributed by atoms with Gasteiger partial charge in [0, 0.05) is 31.5 Å². The molecule has 0 saturated carbocycles. The van der Waals surface area contributed by atoms with E-state index in [9.17, 15) is 0 Å². The molecule has 0 N–H and O–H groups in total. The van der Waals surface area contributed by atoms with Crippen LogP contribution in [0.5, 0.6) is 0 Å². The number of pyridine rings is 1. The van der Waals surface area contributed by atoms with Crippen molar-refractivity contribution in [3.8, 4) is 11.4 Å². The van der Waals surface area contributed by atoms with E-state index in [2.05, 4.69) is 20.0 Å². The summed E-state index contributed by atoms with van der Waals surface area (Å²) in [5, 5.41) is 4.08. The van der Waals surface area contributed by atoms with Crippen molar-refractivity contribution >= 4 is 5.82 Å². The first-order chi connectivity index (χ1) is 12.4. The quantitative estimate of drug-likeness (QED) is 0.797. The van der Waals surface area contributed by atoms with Crippen molar-refractivity contribution < 1.29 is 14.0 Å². The third kappa shape index (κ3) is 4.16. The lowest BCUT2D eigenvalue weighted by Crippen LogP contribution is -2.30. The number of anilines is 1. The smallest absolute Gasteiger partial charge is 0.252 e. The Labute approximate surface area is 147 Å². The monoisotopic (exact) mass is 344 g/mol. The van der Waals surface area contributed by atoms with Gasteiger partial charge < -0.3 is 18.9 Å². The molecule has 134 valence electrons. The van der Waals surface area contributed by atoms with Gasteiger partial charge >= 0.3 is 0 Å². The average Bonchev–Trinajstić information content (AvgIpc) is 3.35. The van der Waals surface area contributed by atoms with Crippen LogP contribution in [-0.2, 0) is 16.1 Å². The van der Waals surface area contributed by atoms with Crippen molar-refractivity contribution in [2.75, 3.05) is 31.2 Å². The van der Waals surface area contributed by atoms with E-state index < -0.39 is 0 Å². The Balaban J connectivity index is 1.37. The van der Waals surface area contributed by atoms with Crippen molar-refractivity contribution in [2.45, 2.75) is 44.8 Å². The number of piperidine rings is 1. The van der Waals surface area contributed by atoms with E-state index in [1.54, 1.807) is 0 Å². The van der Waals surface area contributed by atoms with E-state index >= 15 is 0 Å². The van der Waals surface area contributed by atoms with Gasteiger partial charge in [0.1, 0.15) is 12.4 Å². The van der Waals surface area contributed by atoms with Crippen LogP contribution >= 0.6 is 0 Å². The fourth-order valence-electron chi connectivity index (χ4n) is 3.34. The summed E-state index contributed by atoms with van der Waals surface area (Å²) < 4.78 is 16.5. The Hall–Kier alpha value is -1.99. The largest absolute Gasteiger partial charge is 0.376 e. The van der Waals surface area contributed by atoms with E-state index in [0.717, 1.165) is 43.9 Å². The van der Waals surface area contributed by atoms with E-state index in [1.165, 1.54) is 19.3 Å². The number of rotatable bonds is 6. The predicted molar refractivity (Wildman–Crippen MR) is 92.2 cm³/mol. The first-order valence-electron chi connectivity index (χ1n) is 9.12. The summed E-state index contributed by atoms with van der Waals surface area (Å²) in [7, 11) is 0. The van der Waals surface area contributed by atoms with Gasteiger partial charge in [0.2, 0.25) is 5.82 Å². The molecule has 2 aliphatic heterocycles. The maximum atomic E-state index is 5.63. The second-order valence-corrected chi connectivity index (χ2v) is 6.61. The predicted octanol–water partition coefficient (Wildman–Crippen LogP) is 2.82. The van der Waals surface area contributed by atoms with Gasteiger partial charge in [-0.3, -0.25) is 0 Å². The number of aromatic nitrogens is 3. The zero-order valence-electron chi connectivity index (χ0n) is 14.4. The minimum atomic E-state index is 0.203. The lowest BCUT2D eigenvalue weighted by Gasteiger charge is -2.27. The van der Waals surface area contributed by atoms with Crippen LogP contribution in [0.1, 0.15) is 38.0 Å². The standard InChI is InChI=1S/C18H24N4O3/c1-2-8-22(9-3-1)16-11-14(6-7-19-16)18-20-17(25-21-18)13-23-12-15-5-4-10-24-15/h6-7,11,15H,1-5,8-10,12-13H2/t15-/m0/s1. The number of ether oxygens (including phenoxy) is 2. The van der Waals surface area contributed by atoms with Crippen LogP contribution in [0.2, 0.25) is 0 Å². The van der Waals surface area contributed by atoms with Gasteiger partial charge in [-0.05, 0) is 44.2 Å². The molecule has 0 unspecified atom stereocenters. The summed E-state index contributed by atoms with van der Waals surface area (Å²) in [6, 6.07) is 3.95. The molecule has 2 aromatic heterocycles. The lowest BCUT2D eigenvalue weighted by molar-refractivity contribution is 0.00325. The van der Waals surface area contributed by atoms with Crippen LogP contribution in [0, 0.1) is 0 Å². The summed E-state index contributed by atoms with van der Waals surface area (Å²) in [4.78, 5) is 11.2. The molecule has 7 heteroatoms. The molecule has 7 nitrogen and oxygen atoms in total. The number of hydrogen-bond acceptors (Lipinski definition) is 7. The van der Waals surface area contributed by atoms with Gasteiger partial charge in [0.15, 0.2) is 0 Å². The van der Waals surface area contributed by atoms with Gasteiger partial charge in [0.25, 0.3) is 5.89 Å². The van der Waals surface area contributed by atoms with E-state index in [4.69, 9.17) is 14.0 Å². The second kappa shape index (κ2) is 7.93. The minimum absolute atomic E-state index is 0.203. The number of nitrogens with zero attached hydrogens (tertiary/aromatic N) is 4. The highest BCUT2D eigenvalue weighted by Crippen LogP contribution is 2.23. The number of hydrogen-bond donors (Lipinski definition) is 0. The normalized spacial score (nSPS) is 21.0. The van der Waals surface area contributed by atoms with E-state index in [0.29, 0.717) is 24.9 Å². The van der Waals surface area contributed by atoms with Crippen LogP contribution < -0.4 is 4.90 Å². The van der Waals surface area contributed by atoms with Crippen LogP contribution in [-0.4, -0.2) is 47.5 Å². The fraction of sp³-hybridized carbons (Fsp3) is 0.611. The van der Waals surface area contributed by atoms with E-state index in [1.807, 2.05) is 18.3 Å². The molecule has 2 fully saturated rings. The Bertz CT molecular complexity index is 678. The van der Waals surface area contributed by atoms with Gasteiger partial charge in [-0.1, -0.05) is 5.16 Å².